The minimum absolute atomic E-state index is 0.0504. The van der Waals surface area contributed by atoms with Gasteiger partial charge in [0.25, 0.3) is 5.91 Å². The van der Waals surface area contributed by atoms with Crippen molar-refractivity contribution in [2.24, 2.45) is 17.8 Å². The number of aliphatic hydroxyl groups is 1. The molecule has 3 atom stereocenters. The Morgan fingerprint density at radius 3 is 2.60 bits per heavy atom. The van der Waals surface area contributed by atoms with Crippen molar-refractivity contribution in [3.8, 4) is 0 Å². The van der Waals surface area contributed by atoms with Crippen LogP contribution in [-0.4, -0.2) is 64.3 Å². The maximum absolute atomic E-state index is 13.1. The first-order chi connectivity index (χ1) is 14.5. The molecule has 6 nitrogen and oxygen atoms in total. The molecule has 6 heteroatoms. The first-order valence-electron chi connectivity index (χ1n) is 12.0. The van der Waals surface area contributed by atoms with Crippen molar-refractivity contribution in [1.82, 2.24) is 15.2 Å². The van der Waals surface area contributed by atoms with Crippen molar-refractivity contribution in [3.63, 3.8) is 0 Å². The van der Waals surface area contributed by atoms with E-state index < -0.39 is 5.60 Å². The van der Waals surface area contributed by atoms with E-state index in [9.17, 15) is 9.90 Å². The average molecular weight is 411 g/mol. The fourth-order valence-electron chi connectivity index (χ4n) is 7.25. The second-order valence-electron chi connectivity index (χ2n) is 10.8. The van der Waals surface area contributed by atoms with Crippen LogP contribution in [0.1, 0.15) is 62.4 Å². The summed E-state index contributed by atoms with van der Waals surface area (Å²) in [5.74, 6) is 2.36. The Bertz CT molecular complexity index is 824. The number of amides is 1. The SMILES string of the molecule is CC1CN(C2CC2)CCN1c1cccc(C(=O)NC2C3CC4CC2CC(O)(C4)C3)n1. The number of hydrogen-bond acceptors (Lipinski definition) is 5. The topological polar surface area (TPSA) is 68.7 Å². The largest absolute Gasteiger partial charge is 0.390 e. The van der Waals surface area contributed by atoms with Crippen molar-refractivity contribution in [2.45, 2.75) is 75.6 Å². The number of rotatable bonds is 4. The van der Waals surface area contributed by atoms with Gasteiger partial charge in [-0.3, -0.25) is 9.69 Å². The van der Waals surface area contributed by atoms with Crippen molar-refractivity contribution < 1.29 is 9.90 Å². The number of aromatic nitrogens is 1. The Morgan fingerprint density at radius 1 is 1.17 bits per heavy atom. The number of hydrogen-bond donors (Lipinski definition) is 2. The van der Waals surface area contributed by atoms with Crippen LogP contribution in [0.15, 0.2) is 18.2 Å². The molecule has 1 saturated heterocycles. The third-order valence-corrected chi connectivity index (χ3v) is 8.52. The van der Waals surface area contributed by atoms with Gasteiger partial charge in [-0.15, -0.1) is 0 Å². The summed E-state index contributed by atoms with van der Waals surface area (Å²) in [5, 5.41) is 14.1. The van der Waals surface area contributed by atoms with Crippen LogP contribution in [0.5, 0.6) is 0 Å². The van der Waals surface area contributed by atoms with E-state index in [2.05, 4.69) is 22.0 Å². The number of carbonyl (C=O) groups excluding carboxylic acids is 1. The van der Waals surface area contributed by atoms with Gasteiger partial charge in [-0.1, -0.05) is 6.07 Å². The fraction of sp³-hybridized carbons (Fsp3) is 0.750. The third kappa shape index (κ3) is 3.32. The molecule has 0 radical (unpaired) electrons. The lowest BCUT2D eigenvalue weighted by atomic mass is 9.52. The van der Waals surface area contributed by atoms with Gasteiger partial charge in [0.2, 0.25) is 0 Å². The first kappa shape index (κ1) is 19.1. The quantitative estimate of drug-likeness (QED) is 0.798. The van der Waals surface area contributed by atoms with Gasteiger partial charge in [0, 0.05) is 37.8 Å². The minimum atomic E-state index is -0.464. The lowest BCUT2D eigenvalue weighted by Gasteiger charge is -2.58. The fourth-order valence-corrected chi connectivity index (χ4v) is 7.25. The molecule has 0 spiro atoms. The maximum atomic E-state index is 13.1. The number of pyridine rings is 1. The van der Waals surface area contributed by atoms with E-state index in [1.807, 2.05) is 18.2 Å². The number of carbonyl (C=O) groups is 1. The molecule has 1 amide bonds. The number of nitrogens with zero attached hydrogens (tertiary/aromatic N) is 3. The summed E-state index contributed by atoms with van der Waals surface area (Å²) in [7, 11) is 0. The summed E-state index contributed by atoms with van der Waals surface area (Å²) >= 11 is 0. The molecule has 0 aromatic carbocycles. The molecule has 162 valence electrons. The standard InChI is InChI=1S/C24H34N4O2/c1-15-14-27(19-5-6-19)7-8-28(15)21-4-2-3-20(25-21)23(29)26-22-17-9-16-10-18(22)13-24(30,11-16)12-17/h2-4,15-19,22,30H,5-14H2,1H3,(H,26,29). The highest BCUT2D eigenvalue weighted by atomic mass is 16.3. The highest BCUT2D eigenvalue weighted by Crippen LogP contribution is 2.55. The molecule has 3 unspecified atom stereocenters. The Balaban J connectivity index is 1.15. The highest BCUT2D eigenvalue weighted by Gasteiger charge is 2.55. The second kappa shape index (κ2) is 6.92. The summed E-state index contributed by atoms with van der Waals surface area (Å²) in [6.45, 7) is 5.41. The van der Waals surface area contributed by atoms with Crippen LogP contribution in [0.25, 0.3) is 0 Å². The summed E-state index contributed by atoms with van der Waals surface area (Å²) in [6.07, 6.45) is 7.67. The molecule has 2 heterocycles. The van der Waals surface area contributed by atoms with E-state index >= 15 is 0 Å². The smallest absolute Gasteiger partial charge is 0.270 e. The van der Waals surface area contributed by atoms with Crippen LogP contribution in [0.4, 0.5) is 5.82 Å². The molecule has 5 aliphatic carbocycles. The molecule has 30 heavy (non-hydrogen) atoms. The van der Waals surface area contributed by atoms with Crippen molar-refractivity contribution in [1.29, 1.82) is 0 Å². The lowest BCUT2D eigenvalue weighted by Crippen LogP contribution is -2.61. The lowest BCUT2D eigenvalue weighted by molar-refractivity contribution is -0.136. The molecular formula is C24H34N4O2. The van der Waals surface area contributed by atoms with Gasteiger partial charge < -0.3 is 15.3 Å². The van der Waals surface area contributed by atoms with Crippen LogP contribution in [0.2, 0.25) is 0 Å². The molecular weight excluding hydrogens is 376 g/mol. The van der Waals surface area contributed by atoms with E-state index in [1.165, 1.54) is 12.8 Å². The molecule has 2 N–H and O–H groups in total. The summed E-state index contributed by atoms with van der Waals surface area (Å²) in [4.78, 5) is 22.9. The minimum Gasteiger partial charge on any atom is -0.390 e. The molecule has 1 aromatic rings. The monoisotopic (exact) mass is 410 g/mol. The molecule has 7 rings (SSSR count). The van der Waals surface area contributed by atoms with E-state index in [-0.39, 0.29) is 11.9 Å². The van der Waals surface area contributed by atoms with Gasteiger partial charge in [-0.2, -0.15) is 0 Å². The van der Waals surface area contributed by atoms with Crippen LogP contribution in [0.3, 0.4) is 0 Å². The van der Waals surface area contributed by atoms with Crippen LogP contribution in [-0.2, 0) is 0 Å². The van der Waals surface area contributed by atoms with Crippen LogP contribution >= 0.6 is 0 Å². The zero-order valence-corrected chi connectivity index (χ0v) is 18.0. The number of anilines is 1. The van der Waals surface area contributed by atoms with Crippen LogP contribution < -0.4 is 10.2 Å². The second-order valence-corrected chi connectivity index (χ2v) is 10.8. The van der Waals surface area contributed by atoms with Gasteiger partial charge in [0.05, 0.1) is 5.60 Å². The average Bonchev–Trinajstić information content (AvgIpc) is 3.55. The first-order valence-corrected chi connectivity index (χ1v) is 12.0. The Labute approximate surface area is 179 Å². The predicted molar refractivity (Wildman–Crippen MR) is 115 cm³/mol. The van der Waals surface area contributed by atoms with E-state index in [0.717, 1.165) is 63.6 Å². The van der Waals surface area contributed by atoms with Gasteiger partial charge in [-0.05, 0) is 81.8 Å². The Kier molecular flexibility index (Phi) is 4.40. The maximum Gasteiger partial charge on any atom is 0.270 e. The third-order valence-electron chi connectivity index (χ3n) is 8.52. The molecule has 6 fully saturated rings. The predicted octanol–water partition coefficient (Wildman–Crippen LogP) is 2.42. The van der Waals surface area contributed by atoms with E-state index in [1.54, 1.807) is 0 Å². The highest BCUT2D eigenvalue weighted by molar-refractivity contribution is 5.93. The van der Waals surface area contributed by atoms with E-state index in [0.29, 0.717) is 29.5 Å². The Hall–Kier alpha value is -1.66. The molecule has 1 aliphatic heterocycles. The van der Waals surface area contributed by atoms with Gasteiger partial charge in [-0.25, -0.2) is 4.98 Å². The van der Waals surface area contributed by atoms with Gasteiger partial charge in [0.15, 0.2) is 0 Å². The summed E-state index contributed by atoms with van der Waals surface area (Å²) in [6, 6.07) is 7.26. The Morgan fingerprint density at radius 2 is 1.93 bits per heavy atom. The summed E-state index contributed by atoms with van der Waals surface area (Å²) < 4.78 is 0. The van der Waals surface area contributed by atoms with Crippen molar-refractivity contribution in [3.05, 3.63) is 23.9 Å². The molecule has 1 aromatic heterocycles. The zero-order valence-electron chi connectivity index (χ0n) is 18.0. The number of piperazine rings is 1. The van der Waals surface area contributed by atoms with Gasteiger partial charge >= 0.3 is 0 Å². The van der Waals surface area contributed by atoms with Crippen LogP contribution in [0, 0.1) is 17.8 Å². The molecule has 6 aliphatic rings. The normalized spacial score (nSPS) is 40.6. The molecule has 5 saturated carbocycles. The van der Waals surface area contributed by atoms with Gasteiger partial charge in [0.1, 0.15) is 11.5 Å². The van der Waals surface area contributed by atoms with Crippen molar-refractivity contribution >= 4 is 11.7 Å². The van der Waals surface area contributed by atoms with Crippen molar-refractivity contribution in [2.75, 3.05) is 24.5 Å². The van der Waals surface area contributed by atoms with E-state index in [4.69, 9.17) is 4.98 Å². The number of nitrogens with one attached hydrogen (secondary N) is 1. The zero-order chi connectivity index (χ0) is 20.5. The summed E-state index contributed by atoms with van der Waals surface area (Å²) in [5.41, 5.74) is 0.0612. The molecule has 4 bridgehead atoms.